The maximum absolute atomic E-state index is 6.17. The lowest BCUT2D eigenvalue weighted by atomic mass is 9.69. The topological polar surface area (TPSA) is 21.3 Å². The summed E-state index contributed by atoms with van der Waals surface area (Å²) < 4.78 is 5.73. The van der Waals surface area contributed by atoms with E-state index in [1.165, 1.54) is 25.7 Å². The van der Waals surface area contributed by atoms with Gasteiger partial charge in [0.05, 0.1) is 12.3 Å². The molecule has 1 aliphatic carbocycles. The van der Waals surface area contributed by atoms with Crippen molar-refractivity contribution in [3.63, 3.8) is 0 Å². The second kappa shape index (κ2) is 6.91. The van der Waals surface area contributed by atoms with Crippen LogP contribution in [-0.4, -0.2) is 12.6 Å². The number of rotatable bonds is 4. The van der Waals surface area contributed by atoms with Gasteiger partial charge in [-0.15, -0.1) is 0 Å². The SMILES string of the molecule is CCOc1ccc(Cl)cc1NC1CCCCC1C(C)(C)C. The Morgan fingerprint density at radius 1 is 1.24 bits per heavy atom. The molecule has 0 amide bonds. The summed E-state index contributed by atoms with van der Waals surface area (Å²) in [7, 11) is 0. The zero-order valence-electron chi connectivity index (χ0n) is 13.7. The summed E-state index contributed by atoms with van der Waals surface area (Å²) in [5, 5.41) is 4.48. The molecule has 0 spiro atoms. The first kappa shape index (κ1) is 16.5. The van der Waals surface area contributed by atoms with Crippen molar-refractivity contribution in [1.29, 1.82) is 0 Å². The van der Waals surface area contributed by atoms with E-state index in [0.29, 0.717) is 24.0 Å². The highest BCUT2D eigenvalue weighted by molar-refractivity contribution is 6.30. The first-order valence-corrected chi connectivity index (χ1v) is 8.48. The minimum Gasteiger partial charge on any atom is -0.492 e. The molecule has 1 N–H and O–H groups in total. The Morgan fingerprint density at radius 2 is 1.95 bits per heavy atom. The predicted octanol–water partition coefficient (Wildman–Crippen LogP) is 5.76. The Balaban J connectivity index is 2.20. The Bertz CT molecular complexity index is 467. The van der Waals surface area contributed by atoms with Gasteiger partial charge in [-0.2, -0.15) is 0 Å². The van der Waals surface area contributed by atoms with Gasteiger partial charge in [-0.1, -0.05) is 45.2 Å². The number of benzene rings is 1. The smallest absolute Gasteiger partial charge is 0.142 e. The average Bonchev–Trinajstić information content (AvgIpc) is 2.41. The van der Waals surface area contributed by atoms with E-state index in [4.69, 9.17) is 16.3 Å². The molecule has 21 heavy (non-hydrogen) atoms. The minimum atomic E-state index is 0.322. The van der Waals surface area contributed by atoms with Crippen molar-refractivity contribution in [1.82, 2.24) is 0 Å². The molecule has 2 nitrogen and oxygen atoms in total. The lowest BCUT2D eigenvalue weighted by Gasteiger charge is -2.41. The Kier molecular flexibility index (Phi) is 5.43. The third-order valence-electron chi connectivity index (χ3n) is 4.46. The standard InChI is InChI=1S/C18H28ClNO/c1-5-21-17-11-10-13(19)12-16(17)20-15-9-7-6-8-14(15)18(2,3)4/h10-12,14-15,20H,5-9H2,1-4H3. The van der Waals surface area contributed by atoms with Crippen LogP contribution in [0.15, 0.2) is 18.2 Å². The highest BCUT2D eigenvalue weighted by Gasteiger charge is 2.34. The first-order valence-electron chi connectivity index (χ1n) is 8.10. The van der Waals surface area contributed by atoms with Crippen molar-refractivity contribution >= 4 is 17.3 Å². The first-order chi connectivity index (χ1) is 9.91. The van der Waals surface area contributed by atoms with Gasteiger partial charge >= 0.3 is 0 Å². The molecule has 0 saturated heterocycles. The van der Waals surface area contributed by atoms with Crippen LogP contribution in [0.3, 0.4) is 0 Å². The third kappa shape index (κ3) is 4.29. The zero-order valence-corrected chi connectivity index (χ0v) is 14.5. The van der Waals surface area contributed by atoms with Gasteiger partial charge in [-0.3, -0.25) is 0 Å². The molecule has 2 unspecified atom stereocenters. The molecule has 0 bridgehead atoms. The summed E-state index contributed by atoms with van der Waals surface area (Å²) in [6.45, 7) is 9.72. The van der Waals surface area contributed by atoms with Crippen LogP contribution in [0.5, 0.6) is 5.75 Å². The van der Waals surface area contributed by atoms with Crippen molar-refractivity contribution in [2.75, 3.05) is 11.9 Å². The van der Waals surface area contributed by atoms with E-state index in [1.54, 1.807) is 0 Å². The molecule has 118 valence electrons. The van der Waals surface area contributed by atoms with Crippen LogP contribution in [0, 0.1) is 11.3 Å². The summed E-state index contributed by atoms with van der Waals surface area (Å²) in [6, 6.07) is 6.33. The van der Waals surface area contributed by atoms with Gasteiger partial charge in [0.2, 0.25) is 0 Å². The number of ether oxygens (including phenoxy) is 1. The Morgan fingerprint density at radius 3 is 2.62 bits per heavy atom. The molecular formula is C18H28ClNO. The molecule has 0 aliphatic heterocycles. The lowest BCUT2D eigenvalue weighted by molar-refractivity contribution is 0.162. The number of anilines is 1. The van der Waals surface area contributed by atoms with E-state index in [2.05, 4.69) is 26.1 Å². The van der Waals surface area contributed by atoms with Crippen LogP contribution >= 0.6 is 11.6 Å². The summed E-state index contributed by atoms with van der Waals surface area (Å²) in [6.07, 6.45) is 5.16. The molecule has 1 saturated carbocycles. The number of nitrogens with one attached hydrogen (secondary N) is 1. The molecule has 2 atom stereocenters. The van der Waals surface area contributed by atoms with Gasteiger partial charge in [0.25, 0.3) is 0 Å². The van der Waals surface area contributed by atoms with Gasteiger partial charge in [-0.05, 0) is 49.3 Å². The average molecular weight is 310 g/mol. The fourth-order valence-electron chi connectivity index (χ4n) is 3.44. The van der Waals surface area contributed by atoms with Crippen LogP contribution in [0.4, 0.5) is 5.69 Å². The van der Waals surface area contributed by atoms with Crippen LogP contribution in [0.25, 0.3) is 0 Å². The summed E-state index contributed by atoms with van der Waals surface area (Å²) in [5.41, 5.74) is 1.35. The third-order valence-corrected chi connectivity index (χ3v) is 4.70. The molecule has 1 aliphatic rings. The summed E-state index contributed by atoms with van der Waals surface area (Å²) >= 11 is 6.17. The van der Waals surface area contributed by atoms with E-state index in [-0.39, 0.29) is 0 Å². The van der Waals surface area contributed by atoms with Crippen LogP contribution < -0.4 is 10.1 Å². The predicted molar refractivity (Wildman–Crippen MR) is 91.4 cm³/mol. The fourth-order valence-corrected chi connectivity index (χ4v) is 3.61. The second-order valence-corrected chi connectivity index (χ2v) is 7.52. The summed E-state index contributed by atoms with van der Waals surface area (Å²) in [4.78, 5) is 0. The quantitative estimate of drug-likeness (QED) is 0.764. The molecule has 3 heteroatoms. The van der Waals surface area contributed by atoms with E-state index in [0.717, 1.165) is 16.5 Å². The fraction of sp³-hybridized carbons (Fsp3) is 0.667. The lowest BCUT2D eigenvalue weighted by Crippen LogP contribution is -2.39. The highest BCUT2D eigenvalue weighted by Crippen LogP contribution is 2.40. The monoisotopic (exact) mass is 309 g/mol. The van der Waals surface area contributed by atoms with E-state index in [9.17, 15) is 0 Å². The van der Waals surface area contributed by atoms with Crippen molar-refractivity contribution in [2.24, 2.45) is 11.3 Å². The molecular weight excluding hydrogens is 282 g/mol. The van der Waals surface area contributed by atoms with Gasteiger partial charge in [0.1, 0.15) is 5.75 Å². The molecule has 0 heterocycles. The van der Waals surface area contributed by atoms with Crippen LogP contribution in [-0.2, 0) is 0 Å². The van der Waals surface area contributed by atoms with E-state index >= 15 is 0 Å². The molecule has 1 aromatic carbocycles. The van der Waals surface area contributed by atoms with Crippen LogP contribution in [0.1, 0.15) is 53.4 Å². The van der Waals surface area contributed by atoms with E-state index < -0.39 is 0 Å². The molecule has 0 radical (unpaired) electrons. The maximum Gasteiger partial charge on any atom is 0.142 e. The zero-order chi connectivity index (χ0) is 15.5. The van der Waals surface area contributed by atoms with Gasteiger partial charge < -0.3 is 10.1 Å². The molecule has 1 fully saturated rings. The minimum absolute atomic E-state index is 0.322. The number of hydrogen-bond donors (Lipinski definition) is 1. The van der Waals surface area contributed by atoms with Crippen molar-refractivity contribution < 1.29 is 4.74 Å². The summed E-state index contributed by atoms with van der Waals surface area (Å²) in [5.74, 6) is 1.58. The highest BCUT2D eigenvalue weighted by atomic mass is 35.5. The van der Waals surface area contributed by atoms with Gasteiger partial charge in [0.15, 0.2) is 0 Å². The van der Waals surface area contributed by atoms with Crippen LogP contribution in [0.2, 0.25) is 5.02 Å². The van der Waals surface area contributed by atoms with Gasteiger partial charge in [-0.25, -0.2) is 0 Å². The Hall–Kier alpha value is -0.890. The molecule has 1 aromatic rings. The molecule has 2 rings (SSSR count). The second-order valence-electron chi connectivity index (χ2n) is 7.08. The van der Waals surface area contributed by atoms with Crippen molar-refractivity contribution in [3.8, 4) is 5.75 Å². The number of halogens is 1. The van der Waals surface area contributed by atoms with E-state index in [1.807, 2.05) is 25.1 Å². The largest absolute Gasteiger partial charge is 0.492 e. The maximum atomic E-state index is 6.17. The van der Waals surface area contributed by atoms with Gasteiger partial charge in [0, 0.05) is 11.1 Å². The molecule has 0 aromatic heterocycles. The van der Waals surface area contributed by atoms with Crippen molar-refractivity contribution in [2.45, 2.75) is 59.4 Å². The normalized spacial score (nSPS) is 22.9. The Labute approximate surface area is 134 Å². The van der Waals surface area contributed by atoms with Crippen molar-refractivity contribution in [3.05, 3.63) is 23.2 Å². The number of hydrogen-bond acceptors (Lipinski definition) is 2.